The van der Waals surface area contributed by atoms with Crippen LogP contribution in [-0.4, -0.2) is 44.3 Å². The van der Waals surface area contributed by atoms with Crippen molar-refractivity contribution >= 4 is 11.9 Å². The predicted molar refractivity (Wildman–Crippen MR) is 71.3 cm³/mol. The Morgan fingerprint density at radius 1 is 1.24 bits per heavy atom. The summed E-state index contributed by atoms with van der Waals surface area (Å²) >= 11 is 0. The second-order valence-corrected chi connectivity index (χ2v) is 4.28. The number of aromatic carboxylic acids is 1. The van der Waals surface area contributed by atoms with Gasteiger partial charge in [-0.1, -0.05) is 5.21 Å². The van der Waals surface area contributed by atoms with Crippen LogP contribution in [0.5, 0.6) is 5.75 Å². The SMILES string of the molecule is COc1ccc(-c2c(C(=O)O)nnn2C(C)C(=O)O)cc1. The number of hydrogen-bond donors (Lipinski definition) is 2. The lowest BCUT2D eigenvalue weighted by Crippen LogP contribution is -2.18. The van der Waals surface area contributed by atoms with Gasteiger partial charge in [-0.05, 0) is 31.2 Å². The third kappa shape index (κ3) is 2.69. The number of aliphatic carboxylic acids is 1. The molecule has 110 valence electrons. The Balaban J connectivity index is 2.60. The normalized spacial score (nSPS) is 11.9. The van der Waals surface area contributed by atoms with Gasteiger partial charge in [0.25, 0.3) is 0 Å². The van der Waals surface area contributed by atoms with Crippen LogP contribution in [0, 0.1) is 0 Å². The van der Waals surface area contributed by atoms with E-state index in [0.29, 0.717) is 11.3 Å². The summed E-state index contributed by atoms with van der Waals surface area (Å²) < 4.78 is 6.11. The average Bonchev–Trinajstić information content (AvgIpc) is 2.91. The third-order valence-electron chi connectivity index (χ3n) is 2.98. The van der Waals surface area contributed by atoms with Crippen LogP contribution < -0.4 is 4.74 Å². The van der Waals surface area contributed by atoms with Crippen molar-refractivity contribution in [3.8, 4) is 17.0 Å². The zero-order valence-electron chi connectivity index (χ0n) is 11.3. The van der Waals surface area contributed by atoms with Crippen molar-refractivity contribution in [1.29, 1.82) is 0 Å². The number of ether oxygens (including phenoxy) is 1. The fourth-order valence-electron chi connectivity index (χ4n) is 1.83. The van der Waals surface area contributed by atoms with Crippen molar-refractivity contribution in [2.45, 2.75) is 13.0 Å². The van der Waals surface area contributed by atoms with Gasteiger partial charge < -0.3 is 14.9 Å². The van der Waals surface area contributed by atoms with Crippen LogP contribution in [0.4, 0.5) is 0 Å². The highest BCUT2D eigenvalue weighted by Crippen LogP contribution is 2.27. The van der Waals surface area contributed by atoms with E-state index >= 15 is 0 Å². The first-order valence-corrected chi connectivity index (χ1v) is 6.01. The van der Waals surface area contributed by atoms with E-state index < -0.39 is 18.0 Å². The number of carboxylic acids is 2. The van der Waals surface area contributed by atoms with E-state index in [1.807, 2.05) is 0 Å². The molecule has 1 aromatic carbocycles. The molecule has 0 saturated heterocycles. The summed E-state index contributed by atoms with van der Waals surface area (Å²) in [7, 11) is 1.51. The van der Waals surface area contributed by atoms with Crippen molar-refractivity contribution in [2.24, 2.45) is 0 Å². The van der Waals surface area contributed by atoms with Gasteiger partial charge in [0, 0.05) is 5.56 Å². The molecule has 2 N–H and O–H groups in total. The molecule has 1 heterocycles. The molecule has 0 aliphatic carbocycles. The molecule has 8 nitrogen and oxygen atoms in total. The molecule has 0 amide bonds. The van der Waals surface area contributed by atoms with E-state index in [2.05, 4.69) is 10.3 Å². The zero-order chi connectivity index (χ0) is 15.6. The zero-order valence-corrected chi connectivity index (χ0v) is 11.3. The molecule has 21 heavy (non-hydrogen) atoms. The summed E-state index contributed by atoms with van der Waals surface area (Å²) in [6, 6.07) is 5.49. The van der Waals surface area contributed by atoms with Gasteiger partial charge in [0.2, 0.25) is 0 Å². The topological polar surface area (TPSA) is 115 Å². The molecule has 0 saturated carbocycles. The van der Waals surface area contributed by atoms with E-state index in [1.54, 1.807) is 24.3 Å². The first-order valence-electron chi connectivity index (χ1n) is 6.01. The summed E-state index contributed by atoms with van der Waals surface area (Å²) in [4.78, 5) is 22.3. The molecule has 1 aromatic heterocycles. The molecule has 1 atom stereocenters. The Morgan fingerprint density at radius 3 is 2.33 bits per heavy atom. The minimum absolute atomic E-state index is 0.139. The first kappa shape index (κ1) is 14.5. The minimum atomic E-state index is -1.27. The molecule has 2 aromatic rings. The Morgan fingerprint density at radius 2 is 1.86 bits per heavy atom. The molecule has 0 spiro atoms. The van der Waals surface area contributed by atoms with Gasteiger partial charge in [-0.3, -0.25) is 0 Å². The fourth-order valence-corrected chi connectivity index (χ4v) is 1.83. The second kappa shape index (κ2) is 5.61. The van der Waals surface area contributed by atoms with Crippen LogP contribution in [0.2, 0.25) is 0 Å². The molecule has 0 aliphatic heterocycles. The quantitative estimate of drug-likeness (QED) is 0.853. The highest BCUT2D eigenvalue weighted by molar-refractivity contribution is 5.93. The molecular weight excluding hydrogens is 278 g/mol. The van der Waals surface area contributed by atoms with Crippen LogP contribution in [0.1, 0.15) is 23.5 Å². The van der Waals surface area contributed by atoms with Crippen LogP contribution in [0.3, 0.4) is 0 Å². The highest BCUT2D eigenvalue weighted by atomic mass is 16.5. The van der Waals surface area contributed by atoms with Crippen molar-refractivity contribution in [3.63, 3.8) is 0 Å². The number of nitrogens with zero attached hydrogens (tertiary/aromatic N) is 3. The molecule has 0 fully saturated rings. The number of carboxylic acid groups (broad SMARTS) is 2. The monoisotopic (exact) mass is 291 g/mol. The maximum absolute atomic E-state index is 11.2. The molecule has 0 aliphatic rings. The van der Waals surface area contributed by atoms with Gasteiger partial charge in [0.1, 0.15) is 17.5 Å². The van der Waals surface area contributed by atoms with Gasteiger partial charge >= 0.3 is 11.9 Å². The smallest absolute Gasteiger partial charge is 0.358 e. The van der Waals surface area contributed by atoms with Gasteiger partial charge in [-0.25, -0.2) is 14.3 Å². The van der Waals surface area contributed by atoms with E-state index in [9.17, 15) is 14.7 Å². The molecule has 0 radical (unpaired) electrons. The van der Waals surface area contributed by atoms with E-state index in [0.717, 1.165) is 4.68 Å². The minimum Gasteiger partial charge on any atom is -0.497 e. The standard InChI is InChI=1S/C13H13N3O5/c1-7(12(17)18)16-11(10(13(19)20)14-15-16)8-3-5-9(21-2)6-4-8/h3-7H,1-2H3,(H,17,18)(H,19,20). The van der Waals surface area contributed by atoms with E-state index in [-0.39, 0.29) is 11.4 Å². The van der Waals surface area contributed by atoms with Gasteiger partial charge in [-0.2, -0.15) is 0 Å². The van der Waals surface area contributed by atoms with Crippen molar-refractivity contribution in [1.82, 2.24) is 15.0 Å². The number of benzene rings is 1. The number of methoxy groups -OCH3 is 1. The Hall–Kier alpha value is -2.90. The number of rotatable bonds is 5. The first-order chi connectivity index (χ1) is 9.95. The van der Waals surface area contributed by atoms with Gasteiger partial charge in [0.05, 0.1) is 7.11 Å². The number of aromatic nitrogens is 3. The Bertz CT molecular complexity index is 678. The van der Waals surface area contributed by atoms with Crippen molar-refractivity contribution in [2.75, 3.05) is 7.11 Å². The molecular formula is C13H13N3O5. The highest BCUT2D eigenvalue weighted by Gasteiger charge is 2.26. The maximum atomic E-state index is 11.2. The maximum Gasteiger partial charge on any atom is 0.358 e. The third-order valence-corrected chi connectivity index (χ3v) is 2.98. The molecule has 1 unspecified atom stereocenters. The van der Waals surface area contributed by atoms with Crippen molar-refractivity contribution < 1.29 is 24.5 Å². The van der Waals surface area contributed by atoms with Crippen LogP contribution in [-0.2, 0) is 4.79 Å². The molecule has 8 heteroatoms. The lowest BCUT2D eigenvalue weighted by molar-refractivity contribution is -0.140. The molecule has 2 rings (SSSR count). The summed E-state index contributed by atoms with van der Waals surface area (Å²) in [6.45, 7) is 1.40. The van der Waals surface area contributed by atoms with Crippen LogP contribution >= 0.6 is 0 Å². The average molecular weight is 291 g/mol. The van der Waals surface area contributed by atoms with E-state index in [4.69, 9.17) is 9.84 Å². The fraction of sp³-hybridized carbons (Fsp3) is 0.231. The van der Waals surface area contributed by atoms with Crippen LogP contribution in [0.15, 0.2) is 24.3 Å². The Labute approximate surface area is 119 Å². The van der Waals surface area contributed by atoms with Crippen LogP contribution in [0.25, 0.3) is 11.3 Å². The summed E-state index contributed by atoms with van der Waals surface area (Å²) in [5, 5.41) is 25.5. The molecule has 0 bridgehead atoms. The van der Waals surface area contributed by atoms with Gasteiger partial charge in [-0.15, -0.1) is 5.10 Å². The lowest BCUT2D eigenvalue weighted by atomic mass is 10.1. The lowest BCUT2D eigenvalue weighted by Gasteiger charge is -2.11. The predicted octanol–water partition coefficient (Wildman–Crippen LogP) is 1.30. The summed E-state index contributed by atoms with van der Waals surface area (Å²) in [5.41, 5.74) is 0.333. The van der Waals surface area contributed by atoms with Crippen molar-refractivity contribution in [3.05, 3.63) is 30.0 Å². The van der Waals surface area contributed by atoms with Gasteiger partial charge in [0.15, 0.2) is 5.69 Å². The summed E-state index contributed by atoms with van der Waals surface area (Å²) in [5.74, 6) is -1.81. The number of carbonyl (C=O) groups is 2. The summed E-state index contributed by atoms with van der Waals surface area (Å²) in [6.07, 6.45) is 0. The Kier molecular flexibility index (Phi) is 3.88. The number of hydrogen-bond acceptors (Lipinski definition) is 5. The second-order valence-electron chi connectivity index (χ2n) is 4.28. The largest absolute Gasteiger partial charge is 0.497 e. The van der Waals surface area contributed by atoms with E-state index in [1.165, 1.54) is 14.0 Å².